The van der Waals surface area contributed by atoms with Gasteiger partial charge in [-0.05, 0) is 30.4 Å². The van der Waals surface area contributed by atoms with Crippen molar-refractivity contribution < 1.29 is 19.0 Å². The maximum absolute atomic E-state index is 10.8. The van der Waals surface area contributed by atoms with Crippen molar-refractivity contribution in [2.75, 3.05) is 25.2 Å². The Labute approximate surface area is 129 Å². The Morgan fingerprint density at radius 2 is 2.33 bits per heavy atom. The van der Waals surface area contributed by atoms with E-state index in [9.17, 15) is 4.79 Å². The Hall–Kier alpha value is -1.20. The number of hydrogen-bond donors (Lipinski definition) is 0. The van der Waals surface area contributed by atoms with E-state index < -0.39 is 0 Å². The van der Waals surface area contributed by atoms with Crippen LogP contribution >= 0.6 is 11.8 Å². The summed E-state index contributed by atoms with van der Waals surface area (Å²) >= 11 is 1.96. The molecule has 0 bridgehead atoms. The highest BCUT2D eigenvalue weighted by Gasteiger charge is 2.41. The summed E-state index contributed by atoms with van der Waals surface area (Å²) in [5.74, 6) is 3.55. The molecule has 114 valence electrons. The van der Waals surface area contributed by atoms with Gasteiger partial charge in [0.15, 0.2) is 11.5 Å². The van der Waals surface area contributed by atoms with Crippen LogP contribution in [0.3, 0.4) is 0 Å². The second kappa shape index (κ2) is 6.28. The number of carbonyl (C=O) groups excluding carboxylic acids is 1. The zero-order chi connectivity index (χ0) is 14.7. The van der Waals surface area contributed by atoms with Gasteiger partial charge in [0.1, 0.15) is 12.4 Å². The fraction of sp³-hybridized carbons (Fsp3) is 0.562. The summed E-state index contributed by atoms with van der Waals surface area (Å²) in [6.07, 6.45) is 3.89. The predicted octanol–water partition coefficient (Wildman–Crippen LogP) is 2.94. The quantitative estimate of drug-likeness (QED) is 0.800. The summed E-state index contributed by atoms with van der Waals surface area (Å²) in [6.45, 7) is 0.750. The summed E-state index contributed by atoms with van der Waals surface area (Å²) in [4.78, 5) is 10.8. The van der Waals surface area contributed by atoms with Gasteiger partial charge in [0.05, 0.1) is 19.3 Å². The molecule has 0 N–H and O–H groups in total. The molecule has 2 saturated heterocycles. The molecule has 0 amide bonds. The number of rotatable bonds is 4. The molecule has 2 aliphatic rings. The van der Waals surface area contributed by atoms with Crippen molar-refractivity contribution >= 4 is 18.0 Å². The van der Waals surface area contributed by atoms with E-state index >= 15 is 0 Å². The molecule has 0 radical (unpaired) electrons. The van der Waals surface area contributed by atoms with Gasteiger partial charge in [0.2, 0.25) is 0 Å². The molecule has 5 heteroatoms. The highest BCUT2D eigenvalue weighted by Crippen LogP contribution is 2.40. The number of aldehydes is 1. The second-order valence-electron chi connectivity index (χ2n) is 5.59. The molecule has 2 heterocycles. The molecule has 2 atom stereocenters. The SMILES string of the molecule is COc1cc(C=O)ccc1OC1CCOC2(CCSC2)C1. The summed E-state index contributed by atoms with van der Waals surface area (Å²) in [7, 11) is 1.59. The van der Waals surface area contributed by atoms with Crippen molar-refractivity contribution in [3.8, 4) is 11.5 Å². The van der Waals surface area contributed by atoms with Crippen LogP contribution in [-0.4, -0.2) is 43.2 Å². The normalized spacial score (nSPS) is 28.5. The molecule has 0 aromatic heterocycles. The first-order valence-electron chi connectivity index (χ1n) is 7.26. The van der Waals surface area contributed by atoms with Crippen LogP contribution in [0.5, 0.6) is 11.5 Å². The highest BCUT2D eigenvalue weighted by atomic mass is 32.2. The lowest BCUT2D eigenvalue weighted by Crippen LogP contribution is -2.43. The molecule has 21 heavy (non-hydrogen) atoms. The summed E-state index contributed by atoms with van der Waals surface area (Å²) in [6, 6.07) is 5.28. The lowest BCUT2D eigenvalue weighted by Gasteiger charge is -2.37. The lowest BCUT2D eigenvalue weighted by molar-refractivity contribution is -0.0961. The number of ether oxygens (including phenoxy) is 3. The van der Waals surface area contributed by atoms with Crippen molar-refractivity contribution in [3.05, 3.63) is 23.8 Å². The van der Waals surface area contributed by atoms with Crippen molar-refractivity contribution in [1.82, 2.24) is 0 Å². The lowest BCUT2D eigenvalue weighted by atomic mass is 9.91. The zero-order valence-corrected chi connectivity index (χ0v) is 13.0. The van der Waals surface area contributed by atoms with E-state index in [-0.39, 0.29) is 11.7 Å². The van der Waals surface area contributed by atoms with Gasteiger partial charge < -0.3 is 14.2 Å². The van der Waals surface area contributed by atoms with Crippen LogP contribution < -0.4 is 9.47 Å². The minimum absolute atomic E-state index is 0.00353. The number of thioether (sulfide) groups is 1. The van der Waals surface area contributed by atoms with Crippen molar-refractivity contribution in [2.24, 2.45) is 0 Å². The number of methoxy groups -OCH3 is 1. The average Bonchev–Trinajstić information content (AvgIpc) is 2.95. The third kappa shape index (κ3) is 3.19. The van der Waals surface area contributed by atoms with Gasteiger partial charge in [-0.1, -0.05) is 0 Å². The van der Waals surface area contributed by atoms with Crippen LogP contribution in [0.2, 0.25) is 0 Å². The van der Waals surface area contributed by atoms with E-state index in [0.717, 1.165) is 37.9 Å². The molecule has 2 unspecified atom stereocenters. The molecule has 0 aliphatic carbocycles. The summed E-state index contributed by atoms with van der Waals surface area (Å²) < 4.78 is 17.5. The minimum Gasteiger partial charge on any atom is -0.493 e. The average molecular weight is 308 g/mol. The molecular formula is C16H20O4S. The second-order valence-corrected chi connectivity index (χ2v) is 6.70. The zero-order valence-electron chi connectivity index (χ0n) is 12.2. The Balaban J connectivity index is 1.72. The van der Waals surface area contributed by atoms with E-state index in [1.54, 1.807) is 19.2 Å². The number of benzene rings is 1. The fourth-order valence-corrected chi connectivity index (χ4v) is 4.36. The molecule has 1 aromatic rings. The van der Waals surface area contributed by atoms with E-state index in [1.807, 2.05) is 17.8 Å². The van der Waals surface area contributed by atoms with Gasteiger partial charge in [-0.25, -0.2) is 0 Å². The molecule has 2 fully saturated rings. The van der Waals surface area contributed by atoms with E-state index in [2.05, 4.69) is 0 Å². The van der Waals surface area contributed by atoms with Crippen LogP contribution in [0.1, 0.15) is 29.6 Å². The molecule has 0 saturated carbocycles. The van der Waals surface area contributed by atoms with Gasteiger partial charge in [-0.2, -0.15) is 11.8 Å². The van der Waals surface area contributed by atoms with Gasteiger partial charge in [-0.3, -0.25) is 4.79 Å². The molecule has 4 nitrogen and oxygen atoms in total. The van der Waals surface area contributed by atoms with Gasteiger partial charge in [0.25, 0.3) is 0 Å². The van der Waals surface area contributed by atoms with Gasteiger partial charge in [0, 0.05) is 24.2 Å². The Morgan fingerprint density at radius 3 is 3.05 bits per heavy atom. The van der Waals surface area contributed by atoms with Gasteiger partial charge in [-0.15, -0.1) is 0 Å². The van der Waals surface area contributed by atoms with Crippen molar-refractivity contribution in [1.29, 1.82) is 0 Å². The topological polar surface area (TPSA) is 44.8 Å². The van der Waals surface area contributed by atoms with Crippen molar-refractivity contribution in [2.45, 2.75) is 31.0 Å². The maximum atomic E-state index is 10.8. The van der Waals surface area contributed by atoms with Gasteiger partial charge >= 0.3 is 0 Å². The maximum Gasteiger partial charge on any atom is 0.161 e. The molecule has 2 aliphatic heterocycles. The van der Waals surface area contributed by atoms with Crippen LogP contribution in [0.25, 0.3) is 0 Å². The standard InChI is InChI=1S/C16H20O4S/c1-18-15-8-12(10-17)2-3-14(15)20-13-4-6-19-16(9-13)5-7-21-11-16/h2-3,8,10,13H,4-7,9,11H2,1H3. The van der Waals surface area contributed by atoms with Crippen LogP contribution in [0.4, 0.5) is 0 Å². The van der Waals surface area contributed by atoms with Crippen LogP contribution in [0, 0.1) is 0 Å². The fourth-order valence-electron chi connectivity index (χ4n) is 2.98. The van der Waals surface area contributed by atoms with Crippen LogP contribution in [0.15, 0.2) is 18.2 Å². The highest BCUT2D eigenvalue weighted by molar-refractivity contribution is 7.99. The molecular weight excluding hydrogens is 288 g/mol. The third-order valence-electron chi connectivity index (χ3n) is 4.13. The molecule has 1 spiro atoms. The number of carbonyl (C=O) groups is 1. The Kier molecular flexibility index (Phi) is 4.40. The van der Waals surface area contributed by atoms with Crippen LogP contribution in [-0.2, 0) is 4.74 Å². The summed E-state index contributed by atoms with van der Waals surface area (Å²) in [5.41, 5.74) is 0.596. The van der Waals surface area contributed by atoms with Crippen molar-refractivity contribution in [3.63, 3.8) is 0 Å². The molecule has 1 aromatic carbocycles. The minimum atomic E-state index is 0.00353. The Bertz CT molecular complexity index is 511. The first-order chi connectivity index (χ1) is 10.2. The first-order valence-corrected chi connectivity index (χ1v) is 8.42. The molecule has 3 rings (SSSR count). The van der Waals surface area contributed by atoms with E-state index in [1.165, 1.54) is 5.75 Å². The monoisotopic (exact) mass is 308 g/mol. The number of hydrogen-bond acceptors (Lipinski definition) is 5. The predicted molar refractivity (Wildman–Crippen MR) is 82.7 cm³/mol. The third-order valence-corrected chi connectivity index (χ3v) is 5.36. The smallest absolute Gasteiger partial charge is 0.161 e. The van der Waals surface area contributed by atoms with E-state index in [0.29, 0.717) is 17.1 Å². The van der Waals surface area contributed by atoms with E-state index in [4.69, 9.17) is 14.2 Å². The largest absolute Gasteiger partial charge is 0.493 e. The summed E-state index contributed by atoms with van der Waals surface area (Å²) in [5, 5.41) is 0. The first kappa shape index (κ1) is 14.7. The Morgan fingerprint density at radius 1 is 1.43 bits per heavy atom.